The first-order valence-electron chi connectivity index (χ1n) is 9.59. The lowest BCUT2D eigenvalue weighted by Crippen LogP contribution is -2.43. The Morgan fingerprint density at radius 1 is 1.14 bits per heavy atom. The number of hydrogen-bond acceptors (Lipinski definition) is 5. The number of benzene rings is 1. The average molecular weight is 377 g/mol. The normalized spacial score (nSPS) is 14.6. The lowest BCUT2D eigenvalue weighted by Gasteiger charge is -2.34. The zero-order valence-electron chi connectivity index (χ0n) is 15.6. The van der Waals surface area contributed by atoms with Gasteiger partial charge in [0.2, 0.25) is 0 Å². The molecule has 1 aliphatic rings. The standard InChI is InChI=1S/C20H23N7O/c28-20(23-17-8-10-19(11-9-17)27-15-22-24-25-27)26(18-6-2-1-3-7-18)14-16-5-4-12-21-13-16/h4-5,8-13,15,18H,1-3,6-7,14H2,(H,23,28). The fourth-order valence-electron chi connectivity index (χ4n) is 3.62. The van der Waals surface area contributed by atoms with Gasteiger partial charge in [-0.1, -0.05) is 25.3 Å². The number of anilines is 1. The van der Waals surface area contributed by atoms with Crippen LogP contribution in [0.15, 0.2) is 55.1 Å². The molecule has 2 heterocycles. The van der Waals surface area contributed by atoms with E-state index in [1.54, 1.807) is 10.9 Å². The number of pyridine rings is 1. The van der Waals surface area contributed by atoms with Crippen molar-refractivity contribution >= 4 is 11.7 Å². The van der Waals surface area contributed by atoms with Crippen molar-refractivity contribution in [3.05, 3.63) is 60.7 Å². The Morgan fingerprint density at radius 2 is 1.96 bits per heavy atom. The molecule has 0 bridgehead atoms. The van der Waals surface area contributed by atoms with E-state index in [4.69, 9.17) is 0 Å². The molecule has 0 atom stereocenters. The van der Waals surface area contributed by atoms with Gasteiger partial charge in [0.1, 0.15) is 6.33 Å². The molecule has 8 heteroatoms. The van der Waals surface area contributed by atoms with Gasteiger partial charge in [0.05, 0.1) is 5.69 Å². The van der Waals surface area contributed by atoms with Crippen LogP contribution in [0.4, 0.5) is 10.5 Å². The monoisotopic (exact) mass is 377 g/mol. The van der Waals surface area contributed by atoms with Gasteiger partial charge in [-0.05, 0) is 59.2 Å². The van der Waals surface area contributed by atoms with Crippen molar-refractivity contribution in [3.8, 4) is 5.69 Å². The molecular weight excluding hydrogens is 354 g/mol. The van der Waals surface area contributed by atoms with E-state index in [-0.39, 0.29) is 12.1 Å². The number of nitrogens with zero attached hydrogens (tertiary/aromatic N) is 6. The largest absolute Gasteiger partial charge is 0.322 e. The van der Waals surface area contributed by atoms with Gasteiger partial charge < -0.3 is 10.2 Å². The van der Waals surface area contributed by atoms with Crippen molar-refractivity contribution in [1.82, 2.24) is 30.1 Å². The third-order valence-electron chi connectivity index (χ3n) is 5.08. The molecule has 4 rings (SSSR count). The van der Waals surface area contributed by atoms with Crippen LogP contribution in [0.3, 0.4) is 0 Å². The highest BCUT2D eigenvalue weighted by molar-refractivity contribution is 5.89. The molecule has 8 nitrogen and oxygen atoms in total. The summed E-state index contributed by atoms with van der Waals surface area (Å²) in [6, 6.07) is 11.6. The van der Waals surface area contributed by atoms with Crippen LogP contribution in [0.25, 0.3) is 5.69 Å². The Kier molecular flexibility index (Phi) is 5.56. The summed E-state index contributed by atoms with van der Waals surface area (Å²) in [6.07, 6.45) is 10.8. The van der Waals surface area contributed by atoms with E-state index >= 15 is 0 Å². The highest BCUT2D eigenvalue weighted by Gasteiger charge is 2.25. The van der Waals surface area contributed by atoms with Crippen molar-refractivity contribution in [2.24, 2.45) is 0 Å². The molecule has 0 spiro atoms. The topological polar surface area (TPSA) is 88.8 Å². The van der Waals surface area contributed by atoms with Gasteiger partial charge in [0.15, 0.2) is 0 Å². The minimum absolute atomic E-state index is 0.0778. The molecule has 2 aromatic heterocycles. The molecule has 1 aromatic carbocycles. The fraction of sp³-hybridized carbons (Fsp3) is 0.350. The van der Waals surface area contributed by atoms with Crippen LogP contribution in [0.1, 0.15) is 37.7 Å². The van der Waals surface area contributed by atoms with E-state index < -0.39 is 0 Å². The second-order valence-electron chi connectivity index (χ2n) is 7.01. The van der Waals surface area contributed by atoms with Crippen LogP contribution in [0.2, 0.25) is 0 Å². The Bertz CT molecular complexity index is 875. The summed E-state index contributed by atoms with van der Waals surface area (Å²) in [5.74, 6) is 0. The second kappa shape index (κ2) is 8.60. The smallest absolute Gasteiger partial charge is 0.317 e. The molecule has 28 heavy (non-hydrogen) atoms. The molecule has 1 aliphatic carbocycles. The molecule has 0 aliphatic heterocycles. The zero-order valence-corrected chi connectivity index (χ0v) is 15.6. The van der Waals surface area contributed by atoms with Crippen molar-refractivity contribution in [2.45, 2.75) is 44.7 Å². The summed E-state index contributed by atoms with van der Waals surface area (Å²) < 4.78 is 1.57. The third-order valence-corrected chi connectivity index (χ3v) is 5.08. The minimum Gasteiger partial charge on any atom is -0.317 e. The van der Waals surface area contributed by atoms with Gasteiger partial charge in [-0.25, -0.2) is 9.48 Å². The lowest BCUT2D eigenvalue weighted by atomic mass is 9.94. The Balaban J connectivity index is 1.48. The Morgan fingerprint density at radius 3 is 2.64 bits per heavy atom. The highest BCUT2D eigenvalue weighted by atomic mass is 16.2. The van der Waals surface area contributed by atoms with Crippen molar-refractivity contribution in [3.63, 3.8) is 0 Å². The molecule has 0 radical (unpaired) electrons. The second-order valence-corrected chi connectivity index (χ2v) is 7.01. The van der Waals surface area contributed by atoms with Crippen LogP contribution in [-0.2, 0) is 6.54 Å². The number of tetrazole rings is 1. The van der Waals surface area contributed by atoms with Crippen LogP contribution in [-0.4, -0.2) is 42.2 Å². The first-order chi connectivity index (χ1) is 13.8. The molecule has 1 fully saturated rings. The molecular formula is C20H23N7O. The molecule has 0 saturated heterocycles. The summed E-state index contributed by atoms with van der Waals surface area (Å²) in [5.41, 5.74) is 2.62. The van der Waals surface area contributed by atoms with Crippen molar-refractivity contribution in [1.29, 1.82) is 0 Å². The van der Waals surface area contributed by atoms with Crippen molar-refractivity contribution < 1.29 is 4.79 Å². The predicted octanol–water partition coefficient (Wildman–Crippen LogP) is 3.42. The van der Waals surface area contributed by atoms with E-state index in [1.165, 1.54) is 25.6 Å². The summed E-state index contributed by atoms with van der Waals surface area (Å²) >= 11 is 0. The number of nitrogens with one attached hydrogen (secondary N) is 1. The maximum atomic E-state index is 13.1. The quantitative estimate of drug-likeness (QED) is 0.736. The Hall–Kier alpha value is -3.29. The summed E-state index contributed by atoms with van der Waals surface area (Å²) in [7, 11) is 0. The lowest BCUT2D eigenvalue weighted by molar-refractivity contribution is 0.162. The number of carbonyl (C=O) groups is 1. The van der Waals surface area contributed by atoms with Crippen LogP contribution in [0, 0.1) is 0 Å². The van der Waals surface area contributed by atoms with Gasteiger partial charge >= 0.3 is 6.03 Å². The van der Waals surface area contributed by atoms with Gasteiger partial charge in [-0.15, -0.1) is 5.10 Å². The molecule has 144 valence electrons. The third kappa shape index (κ3) is 4.33. The van der Waals surface area contributed by atoms with Gasteiger partial charge in [0, 0.05) is 30.7 Å². The number of rotatable bonds is 5. The first kappa shape index (κ1) is 18.1. The van der Waals surface area contributed by atoms with Gasteiger partial charge in [-0.3, -0.25) is 4.98 Å². The van der Waals surface area contributed by atoms with Gasteiger partial charge in [0.25, 0.3) is 0 Å². The molecule has 2 amide bonds. The fourth-order valence-corrected chi connectivity index (χ4v) is 3.62. The van der Waals surface area contributed by atoms with Crippen LogP contribution in [0.5, 0.6) is 0 Å². The van der Waals surface area contributed by atoms with E-state index in [0.29, 0.717) is 6.54 Å². The number of urea groups is 1. The zero-order chi connectivity index (χ0) is 19.2. The molecule has 0 unspecified atom stereocenters. The van der Waals surface area contributed by atoms with Crippen LogP contribution < -0.4 is 5.32 Å². The maximum Gasteiger partial charge on any atom is 0.322 e. The number of hydrogen-bond donors (Lipinski definition) is 1. The van der Waals surface area contributed by atoms with Crippen LogP contribution >= 0.6 is 0 Å². The average Bonchev–Trinajstić information content (AvgIpc) is 3.29. The van der Waals surface area contributed by atoms with E-state index in [2.05, 4.69) is 25.8 Å². The SMILES string of the molecule is O=C(Nc1ccc(-n2cnnn2)cc1)N(Cc1cccnc1)C1CCCCC1. The number of aromatic nitrogens is 5. The first-order valence-corrected chi connectivity index (χ1v) is 9.59. The number of carbonyl (C=O) groups excluding carboxylic acids is 1. The van der Waals surface area contributed by atoms with Crippen molar-refractivity contribution in [2.75, 3.05) is 5.32 Å². The van der Waals surface area contributed by atoms with E-state index in [9.17, 15) is 4.79 Å². The molecule has 1 saturated carbocycles. The van der Waals surface area contributed by atoms with Gasteiger partial charge in [-0.2, -0.15) is 0 Å². The highest BCUT2D eigenvalue weighted by Crippen LogP contribution is 2.25. The number of amides is 2. The summed E-state index contributed by atoms with van der Waals surface area (Å²) in [4.78, 5) is 19.2. The molecule has 3 aromatic rings. The predicted molar refractivity (Wildman–Crippen MR) is 105 cm³/mol. The maximum absolute atomic E-state index is 13.1. The summed E-state index contributed by atoms with van der Waals surface area (Å²) in [5, 5.41) is 14.2. The summed E-state index contributed by atoms with van der Waals surface area (Å²) in [6.45, 7) is 0.563. The minimum atomic E-state index is -0.0778. The Labute approximate surface area is 163 Å². The van der Waals surface area contributed by atoms with E-state index in [0.717, 1.165) is 29.8 Å². The molecule has 1 N–H and O–H groups in total. The van der Waals surface area contributed by atoms with E-state index in [1.807, 2.05) is 47.5 Å².